The molecular formula is C13H18N2O2. The van der Waals surface area contributed by atoms with Gasteiger partial charge in [0.15, 0.2) is 5.78 Å². The lowest BCUT2D eigenvalue weighted by atomic mass is 10.1. The highest BCUT2D eigenvalue weighted by Crippen LogP contribution is 2.25. The summed E-state index contributed by atoms with van der Waals surface area (Å²) in [5, 5.41) is 9.60. The van der Waals surface area contributed by atoms with Crippen molar-refractivity contribution in [1.82, 2.24) is 4.90 Å². The number of hydrogen-bond donors (Lipinski definition) is 1. The molecule has 2 rings (SSSR count). The van der Waals surface area contributed by atoms with Crippen LogP contribution in [0.2, 0.25) is 0 Å². The predicted molar refractivity (Wildman–Crippen MR) is 67.8 cm³/mol. The van der Waals surface area contributed by atoms with Crippen LogP contribution in [0.1, 0.15) is 17.3 Å². The van der Waals surface area contributed by atoms with E-state index in [0.29, 0.717) is 5.56 Å². The van der Waals surface area contributed by atoms with Crippen molar-refractivity contribution in [2.45, 2.75) is 6.92 Å². The van der Waals surface area contributed by atoms with E-state index in [4.69, 9.17) is 0 Å². The molecule has 4 nitrogen and oxygen atoms in total. The number of carbonyl (C=O) groups is 1. The van der Waals surface area contributed by atoms with Gasteiger partial charge in [-0.3, -0.25) is 4.79 Å². The van der Waals surface area contributed by atoms with E-state index < -0.39 is 0 Å². The van der Waals surface area contributed by atoms with Gasteiger partial charge in [-0.1, -0.05) is 0 Å². The minimum atomic E-state index is -0.0986. The number of hydrogen-bond acceptors (Lipinski definition) is 4. The number of nitrogens with zero attached hydrogens (tertiary/aromatic N) is 2. The molecule has 1 aliphatic rings. The molecule has 1 heterocycles. The van der Waals surface area contributed by atoms with Crippen LogP contribution < -0.4 is 4.90 Å². The minimum absolute atomic E-state index is 0.0652. The predicted octanol–water partition coefficient (Wildman–Crippen LogP) is 1.35. The summed E-state index contributed by atoms with van der Waals surface area (Å²) < 4.78 is 0. The Morgan fingerprint density at radius 2 is 1.88 bits per heavy atom. The molecule has 1 aromatic rings. The zero-order valence-corrected chi connectivity index (χ0v) is 10.3. The fraction of sp³-hybridized carbons (Fsp3) is 0.462. The molecule has 0 atom stereocenters. The first-order valence-electron chi connectivity index (χ1n) is 5.85. The van der Waals surface area contributed by atoms with Gasteiger partial charge in [0.25, 0.3) is 0 Å². The number of anilines is 1. The summed E-state index contributed by atoms with van der Waals surface area (Å²) >= 11 is 0. The minimum Gasteiger partial charge on any atom is -0.507 e. The first-order chi connectivity index (χ1) is 8.08. The summed E-state index contributed by atoms with van der Waals surface area (Å²) in [7, 11) is 2.11. The van der Waals surface area contributed by atoms with E-state index in [0.717, 1.165) is 31.9 Å². The van der Waals surface area contributed by atoms with E-state index >= 15 is 0 Å². The van der Waals surface area contributed by atoms with Gasteiger partial charge in [-0.2, -0.15) is 0 Å². The third kappa shape index (κ3) is 2.58. The topological polar surface area (TPSA) is 43.8 Å². The molecule has 1 saturated heterocycles. The molecule has 1 fully saturated rings. The van der Waals surface area contributed by atoms with Gasteiger partial charge in [-0.15, -0.1) is 0 Å². The van der Waals surface area contributed by atoms with Crippen molar-refractivity contribution in [2.24, 2.45) is 0 Å². The summed E-state index contributed by atoms with van der Waals surface area (Å²) in [6.07, 6.45) is 0. The van der Waals surface area contributed by atoms with Gasteiger partial charge in [0.1, 0.15) is 5.75 Å². The van der Waals surface area contributed by atoms with Gasteiger partial charge in [-0.05, 0) is 32.2 Å². The lowest BCUT2D eigenvalue weighted by Gasteiger charge is -2.34. The molecule has 0 aliphatic carbocycles. The monoisotopic (exact) mass is 234 g/mol. The first kappa shape index (κ1) is 11.9. The summed E-state index contributed by atoms with van der Waals surface area (Å²) in [5.41, 5.74) is 1.42. The molecule has 1 N–H and O–H groups in total. The molecular weight excluding hydrogens is 216 g/mol. The third-order valence-corrected chi connectivity index (χ3v) is 3.23. The maximum Gasteiger partial charge on any atom is 0.163 e. The van der Waals surface area contributed by atoms with Gasteiger partial charge in [0.05, 0.1) is 5.56 Å². The number of likely N-dealkylation sites (N-methyl/N-ethyl adjacent to an activating group) is 1. The summed E-state index contributed by atoms with van der Waals surface area (Å²) in [6.45, 7) is 5.44. The van der Waals surface area contributed by atoms with Crippen molar-refractivity contribution in [2.75, 3.05) is 38.1 Å². The summed E-state index contributed by atoms with van der Waals surface area (Å²) in [4.78, 5) is 15.9. The smallest absolute Gasteiger partial charge is 0.163 e. The van der Waals surface area contributed by atoms with Crippen LogP contribution in [0.25, 0.3) is 0 Å². The van der Waals surface area contributed by atoms with E-state index in [1.807, 2.05) is 6.07 Å². The van der Waals surface area contributed by atoms with E-state index in [1.54, 1.807) is 12.1 Å². The number of piperazine rings is 1. The maximum atomic E-state index is 11.4. The highest BCUT2D eigenvalue weighted by atomic mass is 16.3. The highest BCUT2D eigenvalue weighted by molar-refractivity contribution is 5.97. The Kier molecular flexibility index (Phi) is 3.33. The second kappa shape index (κ2) is 4.75. The number of phenolic OH excluding ortho intramolecular Hbond substituents is 1. The molecule has 0 amide bonds. The normalized spacial score (nSPS) is 17.2. The third-order valence-electron chi connectivity index (χ3n) is 3.23. The average molecular weight is 234 g/mol. The summed E-state index contributed by atoms with van der Waals surface area (Å²) in [6, 6.07) is 5.25. The number of phenols is 1. The van der Waals surface area contributed by atoms with Crippen LogP contribution in [0, 0.1) is 0 Å². The number of rotatable bonds is 2. The second-order valence-corrected chi connectivity index (χ2v) is 4.55. The lowest BCUT2D eigenvalue weighted by molar-refractivity contribution is 0.101. The van der Waals surface area contributed by atoms with Crippen LogP contribution in [0.5, 0.6) is 5.75 Å². The van der Waals surface area contributed by atoms with Gasteiger partial charge < -0.3 is 14.9 Å². The summed E-state index contributed by atoms with van der Waals surface area (Å²) in [5.74, 6) is -0.0335. The standard InChI is InChI=1S/C13H18N2O2/c1-10(16)12-9-11(3-4-13(12)17)15-7-5-14(2)6-8-15/h3-4,9,17H,5-8H2,1-2H3. The van der Waals surface area contributed by atoms with Gasteiger partial charge in [-0.25, -0.2) is 0 Å². The van der Waals surface area contributed by atoms with Gasteiger partial charge in [0.2, 0.25) is 0 Å². The largest absolute Gasteiger partial charge is 0.507 e. The molecule has 0 radical (unpaired) electrons. The highest BCUT2D eigenvalue weighted by Gasteiger charge is 2.16. The molecule has 0 spiro atoms. The average Bonchev–Trinajstić information content (AvgIpc) is 2.30. The van der Waals surface area contributed by atoms with Crippen LogP contribution in [0.4, 0.5) is 5.69 Å². The Hall–Kier alpha value is -1.55. The molecule has 0 saturated carbocycles. The Morgan fingerprint density at radius 1 is 1.24 bits per heavy atom. The number of benzene rings is 1. The van der Waals surface area contributed by atoms with E-state index in [1.165, 1.54) is 6.92 Å². The Labute approximate surface area is 101 Å². The van der Waals surface area contributed by atoms with Crippen LogP contribution in [0.15, 0.2) is 18.2 Å². The lowest BCUT2D eigenvalue weighted by Crippen LogP contribution is -2.44. The van der Waals surface area contributed by atoms with Crippen molar-refractivity contribution in [3.8, 4) is 5.75 Å². The Morgan fingerprint density at radius 3 is 2.47 bits per heavy atom. The number of aromatic hydroxyl groups is 1. The molecule has 0 unspecified atom stereocenters. The van der Waals surface area contributed by atoms with E-state index in [9.17, 15) is 9.90 Å². The van der Waals surface area contributed by atoms with Crippen LogP contribution >= 0.6 is 0 Å². The molecule has 1 aromatic carbocycles. The zero-order chi connectivity index (χ0) is 12.4. The Bertz CT molecular complexity index is 423. The molecule has 0 bridgehead atoms. The van der Waals surface area contributed by atoms with Crippen molar-refractivity contribution < 1.29 is 9.90 Å². The van der Waals surface area contributed by atoms with Gasteiger partial charge >= 0.3 is 0 Å². The maximum absolute atomic E-state index is 11.4. The number of Topliss-reactive ketones (excluding diaryl/α,β-unsaturated/α-hetero) is 1. The SMILES string of the molecule is CC(=O)c1cc(N2CCN(C)CC2)ccc1O. The van der Waals surface area contributed by atoms with E-state index in [2.05, 4.69) is 16.8 Å². The zero-order valence-electron chi connectivity index (χ0n) is 10.3. The number of carbonyl (C=O) groups excluding carboxylic acids is 1. The molecule has 92 valence electrons. The first-order valence-corrected chi connectivity index (χ1v) is 5.85. The quantitative estimate of drug-likeness (QED) is 0.784. The molecule has 17 heavy (non-hydrogen) atoms. The fourth-order valence-corrected chi connectivity index (χ4v) is 2.07. The van der Waals surface area contributed by atoms with Crippen LogP contribution in [-0.2, 0) is 0 Å². The second-order valence-electron chi connectivity index (χ2n) is 4.55. The van der Waals surface area contributed by atoms with Crippen molar-refractivity contribution in [3.63, 3.8) is 0 Å². The molecule has 1 aliphatic heterocycles. The van der Waals surface area contributed by atoms with Crippen molar-refractivity contribution in [3.05, 3.63) is 23.8 Å². The van der Waals surface area contributed by atoms with Gasteiger partial charge in [0, 0.05) is 31.9 Å². The van der Waals surface area contributed by atoms with Crippen LogP contribution in [-0.4, -0.2) is 49.0 Å². The van der Waals surface area contributed by atoms with Crippen molar-refractivity contribution >= 4 is 11.5 Å². The Balaban J connectivity index is 2.21. The fourth-order valence-electron chi connectivity index (χ4n) is 2.07. The number of ketones is 1. The van der Waals surface area contributed by atoms with E-state index in [-0.39, 0.29) is 11.5 Å². The van der Waals surface area contributed by atoms with Crippen LogP contribution in [0.3, 0.4) is 0 Å². The van der Waals surface area contributed by atoms with Crippen molar-refractivity contribution in [1.29, 1.82) is 0 Å². The molecule has 4 heteroatoms. The molecule has 0 aromatic heterocycles.